The number of primary sulfonamides is 1. The Morgan fingerprint density at radius 1 is 1.11 bits per heavy atom. The molecule has 2 aliphatic heterocycles. The number of nitrogens with two attached hydrogens (primary N) is 2. The van der Waals surface area contributed by atoms with Crippen molar-refractivity contribution in [3.63, 3.8) is 0 Å². The summed E-state index contributed by atoms with van der Waals surface area (Å²) in [5.41, 5.74) is 16.9. The van der Waals surface area contributed by atoms with Gasteiger partial charge in [-0.2, -0.15) is 11.1 Å². The summed E-state index contributed by atoms with van der Waals surface area (Å²) in [4.78, 5) is 3.23. The van der Waals surface area contributed by atoms with Gasteiger partial charge in [-0.15, -0.1) is 0 Å². The molecule has 14 nitrogen and oxygen atoms in total. The van der Waals surface area contributed by atoms with Crippen molar-refractivity contribution in [3.8, 4) is 11.1 Å². The van der Waals surface area contributed by atoms with Crippen LogP contribution < -0.4 is 42.8 Å². The first kappa shape index (κ1) is 24.4. The van der Waals surface area contributed by atoms with Crippen LogP contribution in [0.2, 0.25) is 0 Å². The lowest BCUT2D eigenvalue weighted by molar-refractivity contribution is -0.00397. The first-order valence-electron chi connectivity index (χ1n) is 10.3. The van der Waals surface area contributed by atoms with E-state index in [4.69, 9.17) is 10.9 Å². The number of hydrazine groups is 3. The Kier molecular flexibility index (Phi) is 6.05. The largest absolute Gasteiger partial charge is 0.386 e. The molecule has 0 spiro atoms. The molecular weight excluding hydrogens is 518 g/mol. The number of rotatable bonds is 7. The molecule has 2 saturated heterocycles. The molecule has 0 bridgehead atoms. The van der Waals surface area contributed by atoms with Crippen LogP contribution in [0.15, 0.2) is 40.1 Å². The first-order valence-corrected chi connectivity index (χ1v) is 14.1. The number of nitrogens with zero attached hydrogens (tertiary/aromatic N) is 1. The van der Waals surface area contributed by atoms with Gasteiger partial charge in [-0.25, -0.2) is 42.5 Å². The van der Waals surface area contributed by atoms with Gasteiger partial charge in [0.1, 0.15) is 21.6 Å². The minimum Gasteiger partial charge on any atom is -0.386 e. The molecule has 1 aromatic heterocycles. The number of sulfonamides is 2. The normalized spacial score (nSPS) is 18.7. The van der Waals surface area contributed by atoms with Crippen molar-refractivity contribution in [3.05, 3.63) is 35.9 Å². The lowest BCUT2D eigenvalue weighted by Crippen LogP contribution is -2.64. The Labute approximate surface area is 204 Å². The maximum atomic E-state index is 13.3. The van der Waals surface area contributed by atoms with Crippen LogP contribution in [-0.2, 0) is 20.0 Å². The molecule has 0 atom stereocenters. The molecule has 2 fully saturated rings. The van der Waals surface area contributed by atoms with Crippen LogP contribution in [0.5, 0.6) is 0 Å². The molecule has 0 saturated carbocycles. The van der Waals surface area contributed by atoms with Crippen LogP contribution in [0.25, 0.3) is 21.3 Å². The van der Waals surface area contributed by atoms with E-state index >= 15 is 0 Å². The topological polar surface area (TPSA) is 226 Å². The highest BCUT2D eigenvalue weighted by Gasteiger charge is 2.38. The molecule has 188 valence electrons. The molecule has 5 rings (SSSR count). The van der Waals surface area contributed by atoms with E-state index in [-0.39, 0.29) is 25.2 Å². The van der Waals surface area contributed by atoms with Crippen LogP contribution in [0.4, 0.5) is 5.13 Å². The second-order valence-corrected chi connectivity index (χ2v) is 12.5. The fraction of sp³-hybridized carbons (Fsp3) is 0.278. The maximum absolute atomic E-state index is 13.3. The zero-order chi connectivity index (χ0) is 25.0. The van der Waals surface area contributed by atoms with Gasteiger partial charge in [0.2, 0.25) is 20.0 Å². The Bertz CT molecular complexity index is 1510. The van der Waals surface area contributed by atoms with E-state index in [1.807, 2.05) is 6.07 Å². The molecule has 11 N–H and O–H groups in total. The summed E-state index contributed by atoms with van der Waals surface area (Å²) in [6.45, 7) is 0.107. The highest BCUT2D eigenvalue weighted by Crippen LogP contribution is 2.40. The summed E-state index contributed by atoms with van der Waals surface area (Å²) in [5, 5.41) is 19.1. The van der Waals surface area contributed by atoms with Crippen LogP contribution in [0.3, 0.4) is 0 Å². The summed E-state index contributed by atoms with van der Waals surface area (Å²) < 4.78 is 55.4. The van der Waals surface area contributed by atoms with Crippen molar-refractivity contribution in [2.24, 2.45) is 5.14 Å². The monoisotopic (exact) mass is 541 g/mol. The van der Waals surface area contributed by atoms with Gasteiger partial charge in [0.15, 0.2) is 5.13 Å². The van der Waals surface area contributed by atoms with E-state index in [0.717, 1.165) is 4.70 Å². The van der Waals surface area contributed by atoms with Gasteiger partial charge < -0.3 is 16.2 Å². The fourth-order valence-electron chi connectivity index (χ4n) is 4.03. The predicted molar refractivity (Wildman–Crippen MR) is 129 cm³/mol. The number of nitrogen functional groups attached to an aromatic ring is 1. The highest BCUT2D eigenvalue weighted by atomic mass is 32.2. The third-order valence-electron chi connectivity index (χ3n) is 5.74. The van der Waals surface area contributed by atoms with Crippen molar-refractivity contribution in [1.82, 2.24) is 36.9 Å². The standard InChI is InChI=1S/C18H23N9O5S3/c19-17-23-14-10(2-1-3-11(14)33-17)9-4-5-12(35(31,32)22-8-18(28)6-21-7-18)15(34(20,29)30)13(9)16-24-26-27-25-16/h1-5,16,21-22,24-28H,6-8H2,(H2,19,23)(H2,20,29,30). The van der Waals surface area contributed by atoms with Crippen molar-refractivity contribution >= 4 is 46.7 Å². The Morgan fingerprint density at radius 2 is 1.83 bits per heavy atom. The average molecular weight is 542 g/mol. The molecule has 0 amide bonds. The number of fused-ring (bicyclic) bond motifs is 1. The number of anilines is 1. The molecule has 17 heteroatoms. The second kappa shape index (κ2) is 8.68. The van der Waals surface area contributed by atoms with Crippen LogP contribution in [-0.4, -0.2) is 52.2 Å². The Hall–Kier alpha value is -2.29. The van der Waals surface area contributed by atoms with Crippen LogP contribution in [0, 0.1) is 0 Å². The summed E-state index contributed by atoms with van der Waals surface area (Å²) in [7, 11) is -8.98. The summed E-state index contributed by atoms with van der Waals surface area (Å²) in [6.07, 6.45) is -0.903. The predicted octanol–water partition coefficient (Wildman–Crippen LogP) is -2.08. The number of nitrogens with one attached hydrogen (secondary N) is 6. The molecule has 35 heavy (non-hydrogen) atoms. The molecule has 2 aliphatic rings. The smallest absolute Gasteiger partial charge is 0.242 e. The number of aromatic nitrogens is 1. The number of hydrogen-bond acceptors (Lipinski definition) is 13. The number of aliphatic hydroxyl groups is 1. The third-order valence-corrected chi connectivity index (χ3v) is 9.17. The maximum Gasteiger partial charge on any atom is 0.242 e. The van der Waals surface area contributed by atoms with E-state index in [2.05, 4.69) is 36.9 Å². The Balaban J connectivity index is 1.74. The highest BCUT2D eigenvalue weighted by molar-refractivity contribution is 7.92. The second-order valence-electron chi connectivity index (χ2n) is 8.23. The van der Waals surface area contributed by atoms with Gasteiger partial charge in [0.25, 0.3) is 0 Å². The van der Waals surface area contributed by atoms with Gasteiger partial charge in [-0.05, 0) is 17.7 Å². The van der Waals surface area contributed by atoms with Gasteiger partial charge >= 0.3 is 0 Å². The quantitative estimate of drug-likeness (QED) is 0.157. The van der Waals surface area contributed by atoms with Crippen molar-refractivity contribution in [1.29, 1.82) is 0 Å². The minimum absolute atomic E-state index is 0.0518. The SMILES string of the molecule is Nc1nc2c(-c3ccc(S(=O)(=O)NCC4(O)CNC4)c(S(N)(=O)=O)c3C3NNNN3)cccc2s1. The van der Waals surface area contributed by atoms with E-state index in [0.29, 0.717) is 21.8 Å². The fourth-order valence-corrected chi connectivity index (χ4v) is 7.57. The molecule has 2 aromatic carbocycles. The van der Waals surface area contributed by atoms with Gasteiger partial charge in [0.05, 0.1) is 10.2 Å². The van der Waals surface area contributed by atoms with E-state index in [1.54, 1.807) is 12.1 Å². The molecule has 0 unspecified atom stereocenters. The van der Waals surface area contributed by atoms with Crippen molar-refractivity contribution in [2.45, 2.75) is 21.6 Å². The number of benzene rings is 2. The summed E-state index contributed by atoms with van der Waals surface area (Å²) in [5.74, 6) is 0. The summed E-state index contributed by atoms with van der Waals surface area (Å²) in [6, 6.07) is 7.99. The Morgan fingerprint density at radius 3 is 2.46 bits per heavy atom. The van der Waals surface area contributed by atoms with E-state index in [9.17, 15) is 21.9 Å². The van der Waals surface area contributed by atoms with Gasteiger partial charge in [-0.1, -0.05) is 29.5 Å². The average Bonchev–Trinajstić information content (AvgIpc) is 3.43. The number of para-hydroxylation sites is 1. The van der Waals surface area contributed by atoms with Crippen LogP contribution in [0.1, 0.15) is 11.7 Å². The summed E-state index contributed by atoms with van der Waals surface area (Å²) >= 11 is 1.27. The van der Waals surface area contributed by atoms with E-state index < -0.39 is 41.6 Å². The van der Waals surface area contributed by atoms with Crippen molar-refractivity contribution < 1.29 is 21.9 Å². The zero-order valence-corrected chi connectivity index (χ0v) is 20.4. The van der Waals surface area contributed by atoms with E-state index in [1.165, 1.54) is 23.5 Å². The number of β-amino-alcohol motifs (C(OH)–C–C–N with tert-alkyl or cyclic N) is 1. The van der Waals surface area contributed by atoms with Gasteiger partial charge in [0, 0.05) is 30.8 Å². The number of thiazole rings is 1. The lowest BCUT2D eigenvalue weighted by Gasteiger charge is -2.37. The molecule has 3 heterocycles. The van der Waals surface area contributed by atoms with Crippen molar-refractivity contribution in [2.75, 3.05) is 25.4 Å². The lowest BCUT2D eigenvalue weighted by atomic mass is 9.97. The zero-order valence-electron chi connectivity index (χ0n) is 18.0. The third kappa shape index (κ3) is 4.52. The minimum atomic E-state index is -4.58. The number of hydrogen-bond donors (Lipinski definition) is 9. The van der Waals surface area contributed by atoms with Gasteiger partial charge in [-0.3, -0.25) is 0 Å². The molecule has 0 radical (unpaired) electrons. The first-order chi connectivity index (χ1) is 16.5. The molecular formula is C18H23N9O5S3. The van der Waals surface area contributed by atoms with Crippen LogP contribution >= 0.6 is 11.3 Å². The molecule has 3 aromatic rings. The molecule has 0 aliphatic carbocycles.